The van der Waals surface area contributed by atoms with E-state index in [2.05, 4.69) is 5.16 Å². The molecular weight excluding hydrogens is 354 g/mol. The molecule has 0 saturated heterocycles. The number of nitrogens with zero attached hydrogens (tertiary/aromatic N) is 1. The molecule has 0 radical (unpaired) electrons. The quantitative estimate of drug-likeness (QED) is 0.516. The van der Waals surface area contributed by atoms with Crippen molar-refractivity contribution < 1.29 is 26.5 Å². The Labute approximate surface area is 145 Å². The van der Waals surface area contributed by atoms with Crippen molar-refractivity contribution in [3.05, 3.63) is 41.4 Å². The summed E-state index contributed by atoms with van der Waals surface area (Å²) in [4.78, 5) is 0. The maximum Gasteiger partial charge on any atom is 0.417 e. The van der Waals surface area contributed by atoms with Crippen LogP contribution < -0.4 is 0 Å². The molecule has 1 aromatic carbocycles. The number of hydrogen-bond acceptors (Lipinski definition) is 3. The fourth-order valence-corrected chi connectivity index (χ4v) is 3.57. The van der Waals surface area contributed by atoms with Gasteiger partial charge in [0.15, 0.2) is 14.8 Å². The lowest BCUT2D eigenvalue weighted by Crippen LogP contribution is -2.25. The highest BCUT2D eigenvalue weighted by molar-refractivity contribution is 6.48. The number of rotatable bonds is 4. The van der Waals surface area contributed by atoms with Gasteiger partial charge in [0.1, 0.15) is 17.6 Å². The van der Waals surface area contributed by atoms with Crippen LogP contribution in [0.1, 0.15) is 38.2 Å². The van der Waals surface area contributed by atoms with Crippen LogP contribution in [0.5, 0.6) is 0 Å². The molecule has 138 valence electrons. The molecule has 0 aliphatic rings. The minimum atomic E-state index is -4.69. The summed E-state index contributed by atoms with van der Waals surface area (Å²) in [6.45, 7) is 9.86. The van der Waals surface area contributed by atoms with Gasteiger partial charge in [-0.25, -0.2) is 4.39 Å². The molecule has 3 nitrogen and oxygen atoms in total. The summed E-state index contributed by atoms with van der Waals surface area (Å²) in [5, 5.41) is 3.77. The highest BCUT2D eigenvalue weighted by atomic mass is 28.3. The molecule has 2 aromatic rings. The molecule has 0 spiro atoms. The summed E-state index contributed by atoms with van der Waals surface area (Å²) in [5.41, 5.74) is -1.62. The predicted octanol–water partition coefficient (Wildman–Crippen LogP) is 5.59. The van der Waals surface area contributed by atoms with Crippen LogP contribution >= 0.6 is 0 Å². The zero-order valence-corrected chi connectivity index (χ0v) is 15.9. The molecule has 1 heterocycles. The van der Waals surface area contributed by atoms with E-state index in [1.165, 1.54) is 6.07 Å². The van der Waals surface area contributed by atoms with Crippen molar-refractivity contribution in [2.75, 3.05) is 0 Å². The third-order valence-corrected chi connectivity index (χ3v) is 4.36. The van der Waals surface area contributed by atoms with Crippen molar-refractivity contribution in [1.82, 2.24) is 5.16 Å². The van der Waals surface area contributed by atoms with Gasteiger partial charge in [-0.15, -0.1) is 0 Å². The second-order valence-electron chi connectivity index (χ2n) is 7.23. The lowest BCUT2D eigenvalue weighted by atomic mass is 9.87. The monoisotopic (exact) mass is 375 g/mol. The molecule has 0 aliphatic carbocycles. The summed E-state index contributed by atoms with van der Waals surface area (Å²) in [6.07, 6.45) is -5.11. The molecule has 0 N–H and O–H groups in total. The lowest BCUT2D eigenvalue weighted by Gasteiger charge is -2.30. The Balaban J connectivity index is 2.48. The first-order valence-electron chi connectivity index (χ1n) is 7.89. The number of aromatic nitrogens is 1. The van der Waals surface area contributed by atoms with E-state index < -0.39 is 32.7 Å². The third kappa shape index (κ3) is 4.69. The van der Waals surface area contributed by atoms with Crippen molar-refractivity contribution in [1.29, 1.82) is 0 Å². The number of hydrogen-bond donors (Lipinski definition) is 0. The average Bonchev–Trinajstić information content (AvgIpc) is 2.91. The van der Waals surface area contributed by atoms with Gasteiger partial charge >= 0.3 is 6.18 Å². The minimum absolute atomic E-state index is 0.00518. The lowest BCUT2D eigenvalue weighted by molar-refractivity contribution is -0.137. The first-order valence-corrected chi connectivity index (χ1v) is 10.7. The van der Waals surface area contributed by atoms with E-state index in [1.807, 2.05) is 33.9 Å². The highest BCUT2D eigenvalue weighted by Gasteiger charge is 2.36. The molecule has 1 aromatic heterocycles. The fraction of sp³-hybridized carbons (Fsp3) is 0.471. The van der Waals surface area contributed by atoms with Crippen molar-refractivity contribution in [2.45, 2.75) is 46.1 Å². The van der Waals surface area contributed by atoms with Crippen LogP contribution in [-0.2, 0) is 10.6 Å². The second kappa shape index (κ2) is 6.91. The van der Waals surface area contributed by atoms with E-state index in [-0.39, 0.29) is 16.7 Å². The molecule has 1 atom stereocenters. The van der Waals surface area contributed by atoms with E-state index in [4.69, 9.17) is 8.95 Å². The molecule has 25 heavy (non-hydrogen) atoms. The molecule has 0 aliphatic heterocycles. The highest BCUT2D eigenvalue weighted by Crippen LogP contribution is 2.41. The first kappa shape index (κ1) is 19.6. The summed E-state index contributed by atoms with van der Waals surface area (Å²) in [5.74, 6) is -0.595. The largest absolute Gasteiger partial charge is 0.417 e. The van der Waals surface area contributed by atoms with Crippen LogP contribution in [0.15, 0.2) is 28.8 Å². The Kier molecular flexibility index (Phi) is 5.43. The molecule has 0 fully saturated rings. The maximum atomic E-state index is 13.3. The van der Waals surface area contributed by atoms with Crippen LogP contribution in [0.4, 0.5) is 17.6 Å². The van der Waals surface area contributed by atoms with Gasteiger partial charge in [0, 0.05) is 11.6 Å². The molecule has 8 heteroatoms. The first-order chi connectivity index (χ1) is 11.4. The zero-order valence-electron chi connectivity index (χ0n) is 14.7. The minimum Gasteiger partial charge on any atom is -0.410 e. The topological polar surface area (TPSA) is 35.3 Å². The van der Waals surface area contributed by atoms with Gasteiger partial charge in [0.05, 0.1) is 5.56 Å². The molecule has 1 unspecified atom stereocenters. The van der Waals surface area contributed by atoms with Crippen molar-refractivity contribution in [3.8, 4) is 11.3 Å². The Bertz CT molecular complexity index is 735. The van der Waals surface area contributed by atoms with E-state index in [0.717, 1.165) is 12.1 Å². The van der Waals surface area contributed by atoms with Crippen LogP contribution in [0.25, 0.3) is 11.3 Å². The van der Waals surface area contributed by atoms with E-state index >= 15 is 0 Å². The van der Waals surface area contributed by atoms with Crippen LogP contribution in [0.3, 0.4) is 0 Å². The van der Waals surface area contributed by atoms with Crippen molar-refractivity contribution >= 4 is 9.04 Å². The van der Waals surface area contributed by atoms with Gasteiger partial charge in [-0.2, -0.15) is 13.2 Å². The van der Waals surface area contributed by atoms with Gasteiger partial charge in [-0.05, 0) is 36.7 Å². The average molecular weight is 375 g/mol. The Morgan fingerprint density at radius 1 is 1.12 bits per heavy atom. The molecule has 0 amide bonds. The summed E-state index contributed by atoms with van der Waals surface area (Å²) in [7, 11) is -1.42. The number of benzene rings is 1. The SMILES string of the molecule is C[SiH](C)OC(c1cc(-c2ccc(F)cc2C(F)(F)F)no1)C(C)(C)C. The summed E-state index contributed by atoms with van der Waals surface area (Å²) in [6, 6.07) is 3.93. The second-order valence-corrected chi connectivity index (χ2v) is 9.60. The fourth-order valence-electron chi connectivity index (χ4n) is 2.48. The van der Waals surface area contributed by atoms with E-state index in [0.29, 0.717) is 11.8 Å². The maximum absolute atomic E-state index is 13.3. The normalized spacial score (nSPS) is 14.2. The third-order valence-electron chi connectivity index (χ3n) is 3.54. The molecule has 2 rings (SSSR count). The van der Waals surface area contributed by atoms with Gasteiger partial charge in [-0.3, -0.25) is 0 Å². The number of alkyl halides is 3. The smallest absolute Gasteiger partial charge is 0.410 e. The molecule has 0 bridgehead atoms. The molecule has 0 saturated carbocycles. The zero-order chi connectivity index (χ0) is 19.0. The number of halogens is 4. The predicted molar refractivity (Wildman–Crippen MR) is 89.1 cm³/mol. The van der Waals surface area contributed by atoms with Crippen LogP contribution in [-0.4, -0.2) is 14.2 Å². The van der Waals surface area contributed by atoms with Gasteiger partial charge < -0.3 is 8.95 Å². The Morgan fingerprint density at radius 3 is 2.28 bits per heavy atom. The van der Waals surface area contributed by atoms with Gasteiger partial charge in [-0.1, -0.05) is 25.9 Å². The summed E-state index contributed by atoms with van der Waals surface area (Å²) >= 11 is 0. The standard InChI is InChI=1S/C17H21F4NO2Si/c1-16(2,3)15(24-25(4)5)14-9-13(22-23-14)11-7-6-10(18)8-12(11)17(19,20)21/h6-9,15,25H,1-5H3. The van der Waals surface area contributed by atoms with E-state index in [9.17, 15) is 17.6 Å². The van der Waals surface area contributed by atoms with Crippen molar-refractivity contribution in [3.63, 3.8) is 0 Å². The Morgan fingerprint density at radius 2 is 1.76 bits per heavy atom. The van der Waals surface area contributed by atoms with Crippen LogP contribution in [0.2, 0.25) is 13.1 Å². The van der Waals surface area contributed by atoms with Crippen molar-refractivity contribution in [2.24, 2.45) is 5.41 Å². The van der Waals surface area contributed by atoms with Gasteiger partial charge in [0.25, 0.3) is 0 Å². The van der Waals surface area contributed by atoms with Crippen LogP contribution in [0, 0.1) is 11.2 Å². The van der Waals surface area contributed by atoms with E-state index in [1.54, 1.807) is 0 Å². The van der Waals surface area contributed by atoms with Gasteiger partial charge in [0.2, 0.25) is 0 Å². The molecular formula is C17H21F4NO2Si. The summed E-state index contributed by atoms with van der Waals surface area (Å²) < 4.78 is 64.1. The Hall–Kier alpha value is -1.67.